The van der Waals surface area contributed by atoms with Crippen LogP contribution in [-0.2, 0) is 11.2 Å². The first-order valence-electron chi connectivity index (χ1n) is 14.9. The quantitative estimate of drug-likeness (QED) is 0.329. The number of piperidine rings is 1. The number of carboxylic acid groups (broad SMARTS) is 1. The molecule has 8 nitrogen and oxygen atoms in total. The summed E-state index contributed by atoms with van der Waals surface area (Å²) in [5, 5.41) is 9.57. The minimum Gasteiger partial charge on any atom is -0.492 e. The van der Waals surface area contributed by atoms with E-state index in [-0.39, 0.29) is 25.0 Å². The molecule has 1 aliphatic carbocycles. The van der Waals surface area contributed by atoms with Crippen molar-refractivity contribution in [2.45, 2.75) is 57.3 Å². The minimum absolute atomic E-state index is 0.154. The maximum absolute atomic E-state index is 13.8. The van der Waals surface area contributed by atoms with Gasteiger partial charge in [-0.3, -0.25) is 9.59 Å². The Balaban J connectivity index is 1.31. The summed E-state index contributed by atoms with van der Waals surface area (Å²) in [6, 6.07) is 20.0. The SMILES string of the molecule is O=C(O)CN(CCOc1ccccc1)C(=O)c1cnc(N2CCC(Cc3ccccc3)CC2)nc1C1CCCCC1. The number of carbonyl (C=O) groups is 2. The van der Waals surface area contributed by atoms with Crippen molar-refractivity contribution in [3.63, 3.8) is 0 Å². The van der Waals surface area contributed by atoms with Gasteiger partial charge in [-0.15, -0.1) is 0 Å². The van der Waals surface area contributed by atoms with Crippen LogP contribution in [0, 0.1) is 5.92 Å². The number of nitrogens with zero attached hydrogens (tertiary/aromatic N) is 4. The van der Waals surface area contributed by atoms with Crippen molar-refractivity contribution < 1.29 is 19.4 Å². The topological polar surface area (TPSA) is 95.9 Å². The number of anilines is 1. The van der Waals surface area contributed by atoms with Crippen molar-refractivity contribution in [1.29, 1.82) is 0 Å². The zero-order chi connectivity index (χ0) is 28.4. The Morgan fingerprint density at radius 1 is 0.927 bits per heavy atom. The molecule has 5 rings (SSSR count). The smallest absolute Gasteiger partial charge is 0.323 e. The number of benzene rings is 2. The zero-order valence-electron chi connectivity index (χ0n) is 23.7. The predicted octanol–water partition coefficient (Wildman–Crippen LogP) is 5.59. The lowest BCUT2D eigenvalue weighted by atomic mass is 9.85. The van der Waals surface area contributed by atoms with Gasteiger partial charge in [-0.25, -0.2) is 9.97 Å². The third-order valence-corrected chi connectivity index (χ3v) is 8.28. The number of hydrogen-bond donors (Lipinski definition) is 1. The molecular formula is C33H40N4O4. The van der Waals surface area contributed by atoms with Crippen molar-refractivity contribution in [3.8, 4) is 5.75 Å². The number of ether oxygens (including phenoxy) is 1. The molecule has 1 N–H and O–H groups in total. The first-order valence-corrected chi connectivity index (χ1v) is 14.9. The van der Waals surface area contributed by atoms with Crippen LogP contribution in [0.2, 0.25) is 0 Å². The molecule has 0 bridgehead atoms. The van der Waals surface area contributed by atoms with Gasteiger partial charge in [0.1, 0.15) is 18.9 Å². The van der Waals surface area contributed by atoms with Gasteiger partial charge in [0.2, 0.25) is 5.95 Å². The normalized spacial score (nSPS) is 16.3. The lowest BCUT2D eigenvalue weighted by Gasteiger charge is -2.33. The van der Waals surface area contributed by atoms with Gasteiger partial charge in [0.25, 0.3) is 5.91 Å². The highest BCUT2D eigenvalue weighted by atomic mass is 16.5. The van der Waals surface area contributed by atoms with Gasteiger partial charge in [0.15, 0.2) is 0 Å². The van der Waals surface area contributed by atoms with Crippen LogP contribution in [0.25, 0.3) is 0 Å². The van der Waals surface area contributed by atoms with Crippen molar-refractivity contribution >= 4 is 17.8 Å². The second-order valence-electron chi connectivity index (χ2n) is 11.2. The highest BCUT2D eigenvalue weighted by Crippen LogP contribution is 2.35. The molecule has 2 heterocycles. The number of carbonyl (C=O) groups excluding carboxylic acids is 1. The molecule has 0 atom stereocenters. The summed E-state index contributed by atoms with van der Waals surface area (Å²) in [6.45, 7) is 1.71. The molecule has 2 aliphatic rings. The molecule has 1 amide bonds. The van der Waals surface area contributed by atoms with E-state index in [0.29, 0.717) is 23.2 Å². The molecule has 0 unspecified atom stereocenters. The van der Waals surface area contributed by atoms with Crippen molar-refractivity contribution in [3.05, 3.63) is 83.7 Å². The van der Waals surface area contributed by atoms with Crippen LogP contribution in [0.5, 0.6) is 5.75 Å². The average Bonchev–Trinajstić information content (AvgIpc) is 3.02. The first-order chi connectivity index (χ1) is 20.1. The molecule has 1 saturated carbocycles. The third-order valence-electron chi connectivity index (χ3n) is 8.28. The van der Waals surface area contributed by atoms with Crippen molar-refractivity contribution in [2.75, 3.05) is 37.7 Å². The minimum atomic E-state index is -1.06. The van der Waals surface area contributed by atoms with E-state index in [1.807, 2.05) is 30.3 Å². The van der Waals surface area contributed by atoms with Crippen LogP contribution < -0.4 is 9.64 Å². The number of para-hydroxylation sites is 1. The predicted molar refractivity (Wildman–Crippen MR) is 158 cm³/mol. The van der Waals surface area contributed by atoms with E-state index < -0.39 is 12.5 Å². The Morgan fingerprint density at radius 3 is 2.29 bits per heavy atom. The van der Waals surface area contributed by atoms with Crippen LogP contribution in [0.1, 0.15) is 72.5 Å². The highest BCUT2D eigenvalue weighted by Gasteiger charge is 2.29. The molecule has 216 valence electrons. The lowest BCUT2D eigenvalue weighted by molar-refractivity contribution is -0.137. The number of rotatable bonds is 11. The van der Waals surface area contributed by atoms with E-state index in [2.05, 4.69) is 40.2 Å². The summed E-state index contributed by atoms with van der Waals surface area (Å²) < 4.78 is 5.77. The van der Waals surface area contributed by atoms with E-state index >= 15 is 0 Å². The molecule has 0 radical (unpaired) electrons. The fraction of sp³-hybridized carbons (Fsp3) is 0.455. The van der Waals surface area contributed by atoms with E-state index in [0.717, 1.165) is 63.7 Å². The Hall–Kier alpha value is -3.94. The maximum atomic E-state index is 13.8. The van der Waals surface area contributed by atoms with Crippen molar-refractivity contribution in [1.82, 2.24) is 14.9 Å². The molecule has 3 aromatic rings. The van der Waals surface area contributed by atoms with Gasteiger partial charge in [0, 0.05) is 25.2 Å². The molecule has 41 heavy (non-hydrogen) atoms. The van der Waals surface area contributed by atoms with Crippen molar-refractivity contribution in [2.24, 2.45) is 5.92 Å². The number of aliphatic carboxylic acids is 1. The molecular weight excluding hydrogens is 516 g/mol. The third kappa shape index (κ3) is 7.84. The number of carboxylic acids is 1. The molecule has 1 aliphatic heterocycles. The Bertz CT molecular complexity index is 1270. The van der Waals surface area contributed by atoms with Crippen LogP contribution in [0.4, 0.5) is 5.95 Å². The van der Waals surface area contributed by atoms with Gasteiger partial charge in [-0.2, -0.15) is 0 Å². The van der Waals surface area contributed by atoms with Crippen LogP contribution in [-0.4, -0.2) is 64.6 Å². The largest absolute Gasteiger partial charge is 0.492 e. The molecule has 2 fully saturated rings. The van der Waals surface area contributed by atoms with Gasteiger partial charge in [-0.05, 0) is 55.7 Å². The monoisotopic (exact) mass is 556 g/mol. The van der Waals surface area contributed by atoms with Gasteiger partial charge >= 0.3 is 5.97 Å². The summed E-state index contributed by atoms with van der Waals surface area (Å²) in [4.78, 5) is 38.8. The fourth-order valence-corrected chi connectivity index (χ4v) is 6.05. The molecule has 2 aromatic carbocycles. The highest BCUT2D eigenvalue weighted by molar-refractivity contribution is 5.96. The Labute approximate surface area is 242 Å². The molecule has 0 spiro atoms. The van der Waals surface area contributed by atoms with Gasteiger partial charge in [-0.1, -0.05) is 67.8 Å². The van der Waals surface area contributed by atoms with Gasteiger partial charge < -0.3 is 19.6 Å². The fourth-order valence-electron chi connectivity index (χ4n) is 6.05. The zero-order valence-corrected chi connectivity index (χ0v) is 23.7. The van der Waals surface area contributed by atoms with E-state index in [1.54, 1.807) is 6.20 Å². The second kappa shape index (κ2) is 14.1. The second-order valence-corrected chi connectivity index (χ2v) is 11.2. The Kier molecular flexibility index (Phi) is 9.83. The number of amides is 1. The summed E-state index contributed by atoms with van der Waals surface area (Å²) in [7, 11) is 0. The standard InChI is InChI=1S/C33H40N4O4/c38-30(39)24-37(20-21-41-28-14-8-3-9-15-28)32(40)29-23-34-33(35-31(29)27-12-6-2-7-13-27)36-18-16-26(17-19-36)22-25-10-4-1-5-11-25/h1,3-5,8-11,14-15,23,26-27H,2,6-7,12-13,16-22,24H2,(H,38,39). The Morgan fingerprint density at radius 2 is 1.61 bits per heavy atom. The molecule has 1 saturated heterocycles. The van der Waals surface area contributed by atoms with E-state index in [9.17, 15) is 14.7 Å². The lowest BCUT2D eigenvalue weighted by Crippen LogP contribution is -2.40. The maximum Gasteiger partial charge on any atom is 0.323 e. The van der Waals surface area contributed by atoms with Gasteiger partial charge in [0.05, 0.1) is 17.8 Å². The average molecular weight is 557 g/mol. The summed E-state index contributed by atoms with van der Waals surface area (Å²) in [5.74, 6) is 0.754. The number of aromatic nitrogens is 2. The number of hydrogen-bond acceptors (Lipinski definition) is 6. The van der Waals surface area contributed by atoms with E-state index in [4.69, 9.17) is 9.72 Å². The molecule has 8 heteroatoms. The van der Waals surface area contributed by atoms with Crippen LogP contribution in [0.3, 0.4) is 0 Å². The summed E-state index contributed by atoms with van der Waals surface area (Å²) in [6.07, 6.45) is 10.2. The molecule has 1 aromatic heterocycles. The first kappa shape index (κ1) is 28.6. The van der Waals surface area contributed by atoms with E-state index in [1.165, 1.54) is 16.9 Å². The van der Waals surface area contributed by atoms with Crippen LogP contribution >= 0.6 is 0 Å². The summed E-state index contributed by atoms with van der Waals surface area (Å²) in [5.41, 5.74) is 2.57. The van der Waals surface area contributed by atoms with Crippen LogP contribution in [0.15, 0.2) is 66.9 Å². The summed E-state index contributed by atoms with van der Waals surface area (Å²) >= 11 is 0.